The Labute approximate surface area is 182 Å². The highest BCUT2D eigenvalue weighted by Crippen LogP contribution is 2.26. The van der Waals surface area contributed by atoms with E-state index in [0.29, 0.717) is 38.0 Å². The molecule has 1 aromatic heterocycles. The fourth-order valence-electron chi connectivity index (χ4n) is 4.51. The first-order chi connectivity index (χ1) is 15.0. The number of aromatic nitrogens is 1. The summed E-state index contributed by atoms with van der Waals surface area (Å²) in [5.41, 5.74) is 2.58. The van der Waals surface area contributed by atoms with Crippen molar-refractivity contribution in [3.63, 3.8) is 0 Å². The second-order valence-corrected chi connectivity index (χ2v) is 8.29. The highest BCUT2D eigenvalue weighted by molar-refractivity contribution is 5.99. The minimum absolute atomic E-state index is 0.111. The molecule has 1 aromatic carbocycles. The monoisotopic (exact) mass is 420 g/mol. The predicted octanol–water partition coefficient (Wildman–Crippen LogP) is 2.30. The predicted molar refractivity (Wildman–Crippen MR) is 116 cm³/mol. The van der Waals surface area contributed by atoms with Gasteiger partial charge in [-0.2, -0.15) is 0 Å². The lowest BCUT2D eigenvalue weighted by molar-refractivity contribution is -0.141. The van der Waals surface area contributed by atoms with Crippen molar-refractivity contribution in [1.29, 1.82) is 0 Å². The van der Waals surface area contributed by atoms with E-state index in [1.54, 1.807) is 28.3 Å². The van der Waals surface area contributed by atoms with Crippen molar-refractivity contribution in [3.05, 3.63) is 65.5 Å². The van der Waals surface area contributed by atoms with Crippen molar-refractivity contribution in [1.82, 2.24) is 20.1 Å². The molecule has 2 saturated heterocycles. The minimum atomic E-state index is -0.499. The second-order valence-electron chi connectivity index (χ2n) is 8.29. The zero-order chi connectivity index (χ0) is 21.8. The lowest BCUT2D eigenvalue weighted by Gasteiger charge is -2.31. The Morgan fingerprint density at radius 1 is 1.00 bits per heavy atom. The molecule has 2 fully saturated rings. The lowest BCUT2D eigenvalue weighted by atomic mass is 10.1. The summed E-state index contributed by atoms with van der Waals surface area (Å²) < 4.78 is 0. The molecule has 2 aliphatic heterocycles. The maximum absolute atomic E-state index is 13.4. The van der Waals surface area contributed by atoms with Crippen LogP contribution in [0.1, 0.15) is 47.2 Å². The van der Waals surface area contributed by atoms with Crippen LogP contribution < -0.4 is 5.32 Å². The van der Waals surface area contributed by atoms with Crippen molar-refractivity contribution in [2.24, 2.45) is 0 Å². The molecule has 0 spiro atoms. The minimum Gasteiger partial charge on any atom is -0.350 e. The number of carbonyl (C=O) groups is 3. The van der Waals surface area contributed by atoms with E-state index >= 15 is 0 Å². The second kappa shape index (κ2) is 9.29. The highest BCUT2D eigenvalue weighted by atomic mass is 16.2. The molecule has 2 aliphatic rings. The van der Waals surface area contributed by atoms with Crippen LogP contribution in [0.3, 0.4) is 0 Å². The molecule has 0 radical (unpaired) electrons. The fraction of sp³-hybridized carbons (Fsp3) is 0.417. The number of nitrogens with zero attached hydrogens (tertiary/aromatic N) is 3. The van der Waals surface area contributed by atoms with E-state index in [4.69, 9.17) is 0 Å². The van der Waals surface area contributed by atoms with Crippen LogP contribution >= 0.6 is 0 Å². The van der Waals surface area contributed by atoms with Gasteiger partial charge in [0, 0.05) is 37.6 Å². The molecule has 1 N–H and O–H groups in total. The quantitative estimate of drug-likeness (QED) is 0.805. The first-order valence-electron chi connectivity index (χ1n) is 10.9. The van der Waals surface area contributed by atoms with E-state index in [1.807, 2.05) is 37.3 Å². The van der Waals surface area contributed by atoms with Crippen molar-refractivity contribution < 1.29 is 14.4 Å². The smallest absolute Gasteiger partial charge is 0.254 e. The molecule has 4 rings (SSSR count). The van der Waals surface area contributed by atoms with Gasteiger partial charge in [0.1, 0.15) is 12.1 Å². The largest absolute Gasteiger partial charge is 0.350 e. The molecule has 0 aliphatic carbocycles. The lowest BCUT2D eigenvalue weighted by Crippen LogP contribution is -2.52. The number of rotatable bonds is 5. The maximum Gasteiger partial charge on any atom is 0.254 e. The normalized spacial score (nSPS) is 20.7. The van der Waals surface area contributed by atoms with Crippen LogP contribution in [0.2, 0.25) is 0 Å². The molecular weight excluding hydrogens is 392 g/mol. The molecule has 7 heteroatoms. The van der Waals surface area contributed by atoms with Crippen LogP contribution in [0.15, 0.2) is 48.8 Å². The first-order valence-corrected chi connectivity index (χ1v) is 10.9. The van der Waals surface area contributed by atoms with E-state index in [2.05, 4.69) is 10.3 Å². The van der Waals surface area contributed by atoms with Gasteiger partial charge in [-0.05, 0) is 62.4 Å². The number of pyridine rings is 1. The Morgan fingerprint density at radius 2 is 1.71 bits per heavy atom. The van der Waals surface area contributed by atoms with Crippen LogP contribution in [-0.4, -0.2) is 57.7 Å². The van der Waals surface area contributed by atoms with Crippen molar-refractivity contribution >= 4 is 17.7 Å². The summed E-state index contributed by atoms with van der Waals surface area (Å²) in [5.74, 6) is -0.366. The molecule has 3 amide bonds. The zero-order valence-electron chi connectivity index (χ0n) is 17.8. The topological polar surface area (TPSA) is 82.6 Å². The van der Waals surface area contributed by atoms with Crippen LogP contribution in [0.25, 0.3) is 0 Å². The van der Waals surface area contributed by atoms with Gasteiger partial charge >= 0.3 is 0 Å². The van der Waals surface area contributed by atoms with Gasteiger partial charge in [-0.1, -0.05) is 17.7 Å². The Balaban J connectivity index is 1.43. The Bertz CT molecular complexity index is 962. The molecule has 0 unspecified atom stereocenters. The van der Waals surface area contributed by atoms with E-state index < -0.39 is 12.1 Å². The standard InChI is InChI=1S/C24H28N4O3/c1-17-5-2-6-19(15-17)23(30)28-14-4-8-21(28)24(31)27-13-3-7-20(27)22(29)26-16-18-9-11-25-12-10-18/h2,5-6,9-12,15,20-21H,3-4,7-8,13-14,16H2,1H3,(H,26,29)/t20-,21-/m0/s1. The average molecular weight is 421 g/mol. The summed E-state index contributed by atoms with van der Waals surface area (Å²) in [7, 11) is 0. The Kier molecular flexibility index (Phi) is 6.30. The number of carbonyl (C=O) groups excluding carboxylic acids is 3. The van der Waals surface area contributed by atoms with Crippen LogP contribution in [0, 0.1) is 6.92 Å². The Hall–Kier alpha value is -3.22. The van der Waals surface area contributed by atoms with Gasteiger partial charge in [0.05, 0.1) is 0 Å². The summed E-state index contributed by atoms with van der Waals surface area (Å²) >= 11 is 0. The van der Waals surface area contributed by atoms with Gasteiger partial charge in [0.25, 0.3) is 5.91 Å². The molecular formula is C24H28N4O3. The summed E-state index contributed by atoms with van der Waals surface area (Å²) in [4.78, 5) is 46.6. The molecule has 2 aromatic rings. The van der Waals surface area contributed by atoms with Crippen molar-refractivity contribution in [3.8, 4) is 0 Å². The molecule has 2 atom stereocenters. The molecule has 7 nitrogen and oxygen atoms in total. The van der Waals surface area contributed by atoms with Gasteiger partial charge in [-0.25, -0.2) is 0 Å². The fourth-order valence-corrected chi connectivity index (χ4v) is 4.51. The van der Waals surface area contributed by atoms with E-state index in [1.165, 1.54) is 0 Å². The molecule has 0 saturated carbocycles. The average Bonchev–Trinajstić information content (AvgIpc) is 3.47. The number of benzene rings is 1. The third-order valence-corrected chi connectivity index (χ3v) is 6.12. The highest BCUT2D eigenvalue weighted by Gasteiger charge is 2.42. The summed E-state index contributed by atoms with van der Waals surface area (Å²) in [5, 5.41) is 2.94. The van der Waals surface area contributed by atoms with Crippen molar-refractivity contribution in [2.45, 2.75) is 51.2 Å². The number of amides is 3. The van der Waals surface area contributed by atoms with Crippen LogP contribution in [0.5, 0.6) is 0 Å². The van der Waals surface area contributed by atoms with Gasteiger partial charge in [0.15, 0.2) is 0 Å². The van der Waals surface area contributed by atoms with Gasteiger partial charge < -0.3 is 15.1 Å². The first kappa shape index (κ1) is 21.0. The number of hydrogen-bond donors (Lipinski definition) is 1. The summed E-state index contributed by atoms with van der Waals surface area (Å²) in [6.45, 7) is 3.47. The number of hydrogen-bond acceptors (Lipinski definition) is 4. The number of likely N-dealkylation sites (tertiary alicyclic amines) is 2. The number of nitrogens with one attached hydrogen (secondary N) is 1. The molecule has 162 valence electrons. The molecule has 0 bridgehead atoms. The molecule has 3 heterocycles. The van der Waals surface area contributed by atoms with E-state index in [0.717, 1.165) is 24.0 Å². The van der Waals surface area contributed by atoms with Gasteiger partial charge in [-0.15, -0.1) is 0 Å². The van der Waals surface area contributed by atoms with E-state index in [-0.39, 0.29) is 17.7 Å². The maximum atomic E-state index is 13.4. The van der Waals surface area contributed by atoms with Crippen LogP contribution in [0.4, 0.5) is 0 Å². The third-order valence-electron chi connectivity index (χ3n) is 6.12. The van der Waals surface area contributed by atoms with Gasteiger partial charge in [-0.3, -0.25) is 19.4 Å². The molecule has 31 heavy (non-hydrogen) atoms. The third kappa shape index (κ3) is 4.60. The Morgan fingerprint density at radius 3 is 2.45 bits per heavy atom. The van der Waals surface area contributed by atoms with Crippen LogP contribution in [-0.2, 0) is 16.1 Å². The zero-order valence-corrected chi connectivity index (χ0v) is 17.8. The van der Waals surface area contributed by atoms with Crippen molar-refractivity contribution in [2.75, 3.05) is 13.1 Å². The SMILES string of the molecule is Cc1cccc(C(=O)N2CCC[C@H]2C(=O)N2CCC[C@H]2C(=O)NCc2ccncc2)c1. The number of aryl methyl sites for hydroxylation is 1. The summed E-state index contributed by atoms with van der Waals surface area (Å²) in [6.07, 6.45) is 6.24. The summed E-state index contributed by atoms with van der Waals surface area (Å²) in [6, 6.07) is 10.2. The van der Waals surface area contributed by atoms with E-state index in [9.17, 15) is 14.4 Å². The van der Waals surface area contributed by atoms with Gasteiger partial charge in [0.2, 0.25) is 11.8 Å².